The van der Waals surface area contributed by atoms with E-state index in [1.54, 1.807) is 24.3 Å². The van der Waals surface area contributed by atoms with E-state index >= 15 is 0 Å². The fourth-order valence-electron chi connectivity index (χ4n) is 2.71. The molecule has 0 radical (unpaired) electrons. The van der Waals surface area contributed by atoms with Crippen molar-refractivity contribution >= 4 is 16.7 Å². The third-order valence-electron chi connectivity index (χ3n) is 3.93. The summed E-state index contributed by atoms with van der Waals surface area (Å²) in [5.74, 6) is 0.209. The number of hydrogen-bond donors (Lipinski definition) is 3. The van der Waals surface area contributed by atoms with E-state index in [9.17, 15) is 9.90 Å². The lowest BCUT2D eigenvalue weighted by Crippen LogP contribution is -2.42. The van der Waals surface area contributed by atoms with Gasteiger partial charge >= 0.3 is 0 Å². The van der Waals surface area contributed by atoms with Crippen molar-refractivity contribution < 1.29 is 14.6 Å². The Kier molecular flexibility index (Phi) is 3.77. The van der Waals surface area contributed by atoms with Gasteiger partial charge in [-0.15, -0.1) is 0 Å². The Morgan fingerprint density at radius 2 is 2.19 bits per heavy atom. The zero-order valence-electron chi connectivity index (χ0n) is 11.6. The van der Waals surface area contributed by atoms with Crippen LogP contribution in [0.15, 0.2) is 36.4 Å². The number of nitrogens with two attached hydrogens (primary N) is 1. The van der Waals surface area contributed by atoms with Gasteiger partial charge in [0.1, 0.15) is 5.75 Å². The summed E-state index contributed by atoms with van der Waals surface area (Å²) >= 11 is 0. The zero-order valence-corrected chi connectivity index (χ0v) is 11.6. The number of rotatable bonds is 3. The van der Waals surface area contributed by atoms with Crippen molar-refractivity contribution in [2.75, 3.05) is 19.8 Å². The van der Waals surface area contributed by atoms with Crippen molar-refractivity contribution in [3.63, 3.8) is 0 Å². The predicted octanol–water partition coefficient (Wildman–Crippen LogP) is 1.25. The van der Waals surface area contributed by atoms with Crippen LogP contribution in [-0.4, -0.2) is 36.8 Å². The molecule has 1 amide bonds. The second-order valence-electron chi connectivity index (χ2n) is 5.32. The topological polar surface area (TPSA) is 84.6 Å². The fraction of sp³-hybridized carbons (Fsp3) is 0.312. The normalized spacial score (nSPS) is 21.6. The Morgan fingerprint density at radius 3 is 3.00 bits per heavy atom. The molecule has 0 aromatic heterocycles. The van der Waals surface area contributed by atoms with E-state index < -0.39 is 0 Å². The molecule has 2 aromatic rings. The summed E-state index contributed by atoms with van der Waals surface area (Å²) in [5.41, 5.74) is 6.28. The molecule has 1 fully saturated rings. The number of fused-ring (bicyclic) bond motifs is 1. The summed E-state index contributed by atoms with van der Waals surface area (Å²) in [6.45, 7) is 1.58. The largest absolute Gasteiger partial charge is 0.508 e. The van der Waals surface area contributed by atoms with Gasteiger partial charge in [-0.2, -0.15) is 0 Å². The number of nitrogens with one attached hydrogen (secondary N) is 1. The molecule has 2 atom stereocenters. The molecule has 5 nitrogen and oxygen atoms in total. The quantitative estimate of drug-likeness (QED) is 0.793. The van der Waals surface area contributed by atoms with E-state index in [1.165, 1.54) is 0 Å². The number of carbonyl (C=O) groups is 1. The summed E-state index contributed by atoms with van der Waals surface area (Å²) in [6, 6.07) is 10.4. The van der Waals surface area contributed by atoms with Crippen molar-refractivity contribution in [2.24, 2.45) is 11.7 Å². The Labute approximate surface area is 122 Å². The predicted molar refractivity (Wildman–Crippen MR) is 80.2 cm³/mol. The van der Waals surface area contributed by atoms with Crippen LogP contribution in [0.5, 0.6) is 5.75 Å². The summed E-state index contributed by atoms with van der Waals surface area (Å²) < 4.78 is 5.37. The molecule has 3 rings (SSSR count). The number of hydrogen-bond acceptors (Lipinski definition) is 4. The lowest BCUT2D eigenvalue weighted by molar-refractivity contribution is 0.0927. The SMILES string of the molecule is NC[C@@H]1COC[C@H]1NC(=O)c1cccc2cc(O)ccc12. The number of benzene rings is 2. The minimum atomic E-state index is -0.139. The molecule has 0 spiro atoms. The van der Waals surface area contributed by atoms with Crippen LogP contribution >= 0.6 is 0 Å². The standard InChI is InChI=1S/C16H18N2O3/c17-7-11-8-21-9-15(11)18-16(20)14-3-1-2-10-6-12(19)4-5-13(10)14/h1-6,11,15,19H,7-9,17H2,(H,18,20)/t11-,15-/m1/s1. The van der Waals surface area contributed by atoms with Crippen LogP contribution in [0.25, 0.3) is 10.8 Å². The number of amides is 1. The zero-order chi connectivity index (χ0) is 14.8. The van der Waals surface area contributed by atoms with Gasteiger partial charge in [0.25, 0.3) is 5.91 Å². The van der Waals surface area contributed by atoms with Crippen LogP contribution in [0.4, 0.5) is 0 Å². The van der Waals surface area contributed by atoms with Crippen LogP contribution < -0.4 is 11.1 Å². The van der Waals surface area contributed by atoms with Gasteiger partial charge in [0.05, 0.1) is 19.3 Å². The number of ether oxygens (including phenoxy) is 1. The van der Waals surface area contributed by atoms with Crippen LogP contribution in [0.2, 0.25) is 0 Å². The minimum Gasteiger partial charge on any atom is -0.508 e. The summed E-state index contributed by atoms with van der Waals surface area (Å²) in [5, 5.41) is 14.2. The number of phenols is 1. The van der Waals surface area contributed by atoms with E-state index in [2.05, 4.69) is 5.32 Å². The van der Waals surface area contributed by atoms with E-state index in [1.807, 2.05) is 12.1 Å². The molecule has 0 bridgehead atoms. The molecule has 4 N–H and O–H groups in total. The smallest absolute Gasteiger partial charge is 0.252 e. The summed E-state index contributed by atoms with van der Waals surface area (Å²) in [6.07, 6.45) is 0. The summed E-state index contributed by atoms with van der Waals surface area (Å²) in [4.78, 5) is 12.5. The highest BCUT2D eigenvalue weighted by atomic mass is 16.5. The molecule has 1 heterocycles. The Balaban J connectivity index is 1.88. The highest BCUT2D eigenvalue weighted by Crippen LogP contribution is 2.23. The van der Waals surface area contributed by atoms with Crippen molar-refractivity contribution in [3.05, 3.63) is 42.0 Å². The molecule has 1 aliphatic rings. The van der Waals surface area contributed by atoms with Crippen molar-refractivity contribution in [1.29, 1.82) is 0 Å². The van der Waals surface area contributed by atoms with Crippen LogP contribution in [0.3, 0.4) is 0 Å². The molecular formula is C16H18N2O3. The molecule has 110 valence electrons. The van der Waals surface area contributed by atoms with Crippen LogP contribution in [0, 0.1) is 5.92 Å². The fourth-order valence-corrected chi connectivity index (χ4v) is 2.71. The Bertz CT molecular complexity index is 672. The Morgan fingerprint density at radius 1 is 1.33 bits per heavy atom. The Hall–Kier alpha value is -2.11. The number of carbonyl (C=O) groups excluding carboxylic acids is 1. The summed E-state index contributed by atoms with van der Waals surface area (Å²) in [7, 11) is 0. The molecule has 1 saturated heterocycles. The molecule has 0 aliphatic carbocycles. The highest BCUT2D eigenvalue weighted by molar-refractivity contribution is 6.07. The third kappa shape index (κ3) is 2.70. The average Bonchev–Trinajstić information content (AvgIpc) is 2.93. The van der Waals surface area contributed by atoms with Gasteiger partial charge in [0.2, 0.25) is 0 Å². The van der Waals surface area contributed by atoms with Gasteiger partial charge in [-0.1, -0.05) is 12.1 Å². The average molecular weight is 286 g/mol. The second-order valence-corrected chi connectivity index (χ2v) is 5.32. The van der Waals surface area contributed by atoms with Crippen LogP contribution in [0.1, 0.15) is 10.4 Å². The number of aromatic hydroxyl groups is 1. The first-order chi connectivity index (χ1) is 10.2. The van der Waals surface area contributed by atoms with Gasteiger partial charge in [-0.25, -0.2) is 0 Å². The first-order valence-electron chi connectivity index (χ1n) is 6.99. The molecule has 1 aliphatic heterocycles. The second kappa shape index (κ2) is 5.71. The molecule has 5 heteroatoms. The van der Waals surface area contributed by atoms with Gasteiger partial charge < -0.3 is 20.9 Å². The first kappa shape index (κ1) is 13.9. The molecule has 2 aromatic carbocycles. The maximum atomic E-state index is 12.5. The number of phenolic OH excluding ortho intramolecular Hbond substituents is 1. The van der Waals surface area contributed by atoms with Gasteiger partial charge in [-0.3, -0.25) is 4.79 Å². The monoisotopic (exact) mass is 286 g/mol. The molecule has 0 saturated carbocycles. The molecule has 21 heavy (non-hydrogen) atoms. The van der Waals surface area contributed by atoms with E-state index in [4.69, 9.17) is 10.5 Å². The van der Waals surface area contributed by atoms with E-state index in [-0.39, 0.29) is 23.6 Å². The molecule has 0 unspecified atom stereocenters. The highest BCUT2D eigenvalue weighted by Gasteiger charge is 2.28. The van der Waals surface area contributed by atoms with E-state index in [0.29, 0.717) is 25.3 Å². The van der Waals surface area contributed by atoms with Crippen LogP contribution in [-0.2, 0) is 4.74 Å². The van der Waals surface area contributed by atoms with Gasteiger partial charge in [-0.05, 0) is 41.6 Å². The van der Waals surface area contributed by atoms with Crippen molar-refractivity contribution in [1.82, 2.24) is 5.32 Å². The van der Waals surface area contributed by atoms with Crippen molar-refractivity contribution in [3.8, 4) is 5.75 Å². The van der Waals surface area contributed by atoms with Gasteiger partial charge in [0, 0.05) is 11.5 Å². The maximum Gasteiger partial charge on any atom is 0.252 e. The van der Waals surface area contributed by atoms with Gasteiger partial charge in [0.15, 0.2) is 0 Å². The first-order valence-corrected chi connectivity index (χ1v) is 6.99. The molecular weight excluding hydrogens is 268 g/mol. The lowest BCUT2D eigenvalue weighted by Gasteiger charge is -2.18. The lowest BCUT2D eigenvalue weighted by atomic mass is 10.0. The maximum absolute atomic E-state index is 12.5. The minimum absolute atomic E-state index is 0.0464. The third-order valence-corrected chi connectivity index (χ3v) is 3.93. The van der Waals surface area contributed by atoms with Crippen molar-refractivity contribution in [2.45, 2.75) is 6.04 Å². The van der Waals surface area contributed by atoms with E-state index in [0.717, 1.165) is 10.8 Å².